The molecule has 0 saturated heterocycles. The number of rotatable bonds is 2. The first-order valence-corrected chi connectivity index (χ1v) is 4.26. The van der Waals surface area contributed by atoms with Crippen molar-refractivity contribution in [3.63, 3.8) is 0 Å². The molecular formula is C10H16N2O. The molecular weight excluding hydrogens is 164 g/mol. The molecule has 3 nitrogen and oxygen atoms in total. The Morgan fingerprint density at radius 1 is 1.38 bits per heavy atom. The van der Waals surface area contributed by atoms with Crippen LogP contribution >= 0.6 is 0 Å². The molecule has 0 unspecified atom stereocenters. The third-order valence-corrected chi connectivity index (χ3v) is 2.01. The van der Waals surface area contributed by atoms with Gasteiger partial charge >= 0.3 is 0 Å². The summed E-state index contributed by atoms with van der Waals surface area (Å²) in [5, 5.41) is 9.77. The summed E-state index contributed by atoms with van der Waals surface area (Å²) in [6, 6.07) is 5.48. The van der Waals surface area contributed by atoms with Crippen LogP contribution in [0.25, 0.3) is 0 Å². The molecule has 0 spiro atoms. The molecule has 0 aliphatic heterocycles. The Kier molecular flexibility index (Phi) is 2.59. The molecule has 13 heavy (non-hydrogen) atoms. The standard InChI is InChI=1S/C10H16N2O/c1-10(2,13)8-5-7(6-11)3-4-9(8)12/h3-5,13H,6,11-12H2,1-2H3. The zero-order valence-electron chi connectivity index (χ0n) is 8.04. The first-order chi connectivity index (χ1) is 5.95. The first-order valence-electron chi connectivity index (χ1n) is 4.26. The van der Waals surface area contributed by atoms with Crippen LogP contribution in [0.4, 0.5) is 5.69 Å². The highest BCUT2D eigenvalue weighted by molar-refractivity contribution is 5.51. The summed E-state index contributed by atoms with van der Waals surface area (Å²) < 4.78 is 0. The number of nitrogens with two attached hydrogens (primary N) is 2. The van der Waals surface area contributed by atoms with Gasteiger partial charge in [0.1, 0.15) is 0 Å². The van der Waals surface area contributed by atoms with Gasteiger partial charge in [0.2, 0.25) is 0 Å². The third kappa shape index (κ3) is 2.20. The Hall–Kier alpha value is -1.06. The van der Waals surface area contributed by atoms with Gasteiger partial charge in [-0.2, -0.15) is 0 Å². The molecule has 72 valence electrons. The highest BCUT2D eigenvalue weighted by atomic mass is 16.3. The van der Waals surface area contributed by atoms with Gasteiger partial charge < -0.3 is 16.6 Å². The molecule has 5 N–H and O–H groups in total. The van der Waals surface area contributed by atoms with E-state index in [0.29, 0.717) is 12.2 Å². The third-order valence-electron chi connectivity index (χ3n) is 2.01. The van der Waals surface area contributed by atoms with Crippen molar-refractivity contribution < 1.29 is 5.11 Å². The van der Waals surface area contributed by atoms with E-state index >= 15 is 0 Å². The maximum Gasteiger partial charge on any atom is 0.0860 e. The number of nitrogen functional groups attached to an aromatic ring is 1. The van der Waals surface area contributed by atoms with E-state index in [-0.39, 0.29) is 0 Å². The molecule has 0 atom stereocenters. The summed E-state index contributed by atoms with van der Waals surface area (Å²) in [5.74, 6) is 0. The minimum Gasteiger partial charge on any atom is -0.398 e. The molecule has 0 heterocycles. The van der Waals surface area contributed by atoms with E-state index < -0.39 is 5.60 Å². The smallest absolute Gasteiger partial charge is 0.0860 e. The average molecular weight is 180 g/mol. The predicted octanol–water partition coefficient (Wildman–Crippen LogP) is 0.955. The van der Waals surface area contributed by atoms with Gasteiger partial charge in [-0.3, -0.25) is 0 Å². The van der Waals surface area contributed by atoms with E-state index in [9.17, 15) is 5.11 Å². The van der Waals surface area contributed by atoms with Crippen molar-refractivity contribution in [2.24, 2.45) is 5.73 Å². The number of anilines is 1. The topological polar surface area (TPSA) is 72.3 Å². The van der Waals surface area contributed by atoms with Gasteiger partial charge in [0.05, 0.1) is 5.60 Å². The van der Waals surface area contributed by atoms with Gasteiger partial charge in [-0.25, -0.2) is 0 Å². The molecule has 1 aromatic rings. The van der Waals surface area contributed by atoms with Gasteiger partial charge in [-0.1, -0.05) is 6.07 Å². The van der Waals surface area contributed by atoms with E-state index in [1.165, 1.54) is 0 Å². The lowest BCUT2D eigenvalue weighted by Crippen LogP contribution is -2.18. The number of hydrogen-bond donors (Lipinski definition) is 3. The Labute approximate surface area is 78.4 Å². The van der Waals surface area contributed by atoms with Crippen LogP contribution in [0, 0.1) is 0 Å². The minimum atomic E-state index is -0.907. The normalized spacial score (nSPS) is 11.7. The largest absolute Gasteiger partial charge is 0.398 e. The summed E-state index contributed by atoms with van der Waals surface area (Å²) >= 11 is 0. The molecule has 0 fully saturated rings. The van der Waals surface area contributed by atoms with E-state index in [1.54, 1.807) is 19.9 Å². The van der Waals surface area contributed by atoms with Crippen molar-refractivity contribution in [2.45, 2.75) is 26.0 Å². The fraction of sp³-hybridized carbons (Fsp3) is 0.400. The van der Waals surface area contributed by atoms with Gasteiger partial charge in [-0.05, 0) is 31.5 Å². The van der Waals surface area contributed by atoms with Gasteiger partial charge in [0.15, 0.2) is 0 Å². The van der Waals surface area contributed by atoms with Crippen LogP contribution in [0.15, 0.2) is 18.2 Å². The Balaban J connectivity index is 3.19. The molecule has 0 amide bonds. The highest BCUT2D eigenvalue weighted by Gasteiger charge is 2.18. The van der Waals surface area contributed by atoms with Crippen molar-refractivity contribution in [3.8, 4) is 0 Å². The quantitative estimate of drug-likeness (QED) is 0.593. The number of benzene rings is 1. The fourth-order valence-electron chi connectivity index (χ4n) is 1.26. The van der Waals surface area contributed by atoms with Crippen LogP contribution in [0.2, 0.25) is 0 Å². The molecule has 1 aromatic carbocycles. The summed E-state index contributed by atoms with van der Waals surface area (Å²) in [6.45, 7) is 3.88. The first kappa shape index (κ1) is 10.0. The van der Waals surface area contributed by atoms with Crippen LogP contribution in [0.1, 0.15) is 25.0 Å². The van der Waals surface area contributed by atoms with Gasteiger partial charge in [0, 0.05) is 17.8 Å². The van der Waals surface area contributed by atoms with E-state index in [0.717, 1.165) is 11.1 Å². The number of aliphatic hydroxyl groups is 1. The van der Waals surface area contributed by atoms with Crippen molar-refractivity contribution in [2.75, 3.05) is 5.73 Å². The van der Waals surface area contributed by atoms with Crippen LogP contribution in [-0.2, 0) is 12.1 Å². The van der Waals surface area contributed by atoms with Crippen LogP contribution in [-0.4, -0.2) is 5.11 Å². The van der Waals surface area contributed by atoms with E-state index in [4.69, 9.17) is 11.5 Å². The Morgan fingerprint density at radius 3 is 2.46 bits per heavy atom. The van der Waals surface area contributed by atoms with Crippen LogP contribution < -0.4 is 11.5 Å². The molecule has 0 radical (unpaired) electrons. The maximum atomic E-state index is 9.77. The number of hydrogen-bond acceptors (Lipinski definition) is 3. The van der Waals surface area contributed by atoms with E-state index in [2.05, 4.69) is 0 Å². The lowest BCUT2D eigenvalue weighted by molar-refractivity contribution is 0.0793. The van der Waals surface area contributed by atoms with Crippen LogP contribution in [0.3, 0.4) is 0 Å². The predicted molar refractivity (Wildman–Crippen MR) is 54.0 cm³/mol. The monoisotopic (exact) mass is 180 g/mol. The summed E-state index contributed by atoms with van der Waals surface area (Å²) in [6.07, 6.45) is 0. The second kappa shape index (κ2) is 3.36. The Bertz CT molecular complexity index is 302. The zero-order valence-corrected chi connectivity index (χ0v) is 8.04. The molecule has 0 saturated carbocycles. The fourth-order valence-corrected chi connectivity index (χ4v) is 1.26. The van der Waals surface area contributed by atoms with E-state index in [1.807, 2.05) is 12.1 Å². The zero-order chi connectivity index (χ0) is 10.1. The molecule has 0 aromatic heterocycles. The van der Waals surface area contributed by atoms with Crippen molar-refractivity contribution in [3.05, 3.63) is 29.3 Å². The minimum absolute atomic E-state index is 0.462. The molecule has 0 aliphatic rings. The SMILES string of the molecule is CC(C)(O)c1cc(CN)ccc1N. The van der Waals surface area contributed by atoms with Gasteiger partial charge in [0.25, 0.3) is 0 Å². The summed E-state index contributed by atoms with van der Waals surface area (Å²) in [4.78, 5) is 0. The van der Waals surface area contributed by atoms with Gasteiger partial charge in [-0.15, -0.1) is 0 Å². The second-order valence-corrected chi connectivity index (χ2v) is 3.68. The van der Waals surface area contributed by atoms with Crippen molar-refractivity contribution >= 4 is 5.69 Å². The average Bonchev–Trinajstić information content (AvgIpc) is 2.03. The summed E-state index contributed by atoms with van der Waals surface area (Å²) in [7, 11) is 0. The summed E-state index contributed by atoms with van der Waals surface area (Å²) in [5.41, 5.74) is 12.6. The second-order valence-electron chi connectivity index (χ2n) is 3.68. The molecule has 0 bridgehead atoms. The molecule has 0 aliphatic carbocycles. The van der Waals surface area contributed by atoms with Crippen molar-refractivity contribution in [1.29, 1.82) is 0 Å². The Morgan fingerprint density at radius 2 is 2.00 bits per heavy atom. The lowest BCUT2D eigenvalue weighted by atomic mass is 9.95. The van der Waals surface area contributed by atoms with Crippen LogP contribution in [0.5, 0.6) is 0 Å². The molecule has 3 heteroatoms. The lowest BCUT2D eigenvalue weighted by Gasteiger charge is -2.20. The molecule has 1 rings (SSSR count). The highest BCUT2D eigenvalue weighted by Crippen LogP contribution is 2.26. The van der Waals surface area contributed by atoms with Crippen molar-refractivity contribution in [1.82, 2.24) is 0 Å². The maximum absolute atomic E-state index is 9.77.